The standard InChI is InChI=1S/C17H15ClN6O2/c1-9(25)12-6-4-11(5-7-12)8-23-14(18)13-15(21-23)24-10(2)19-20-17(24)22(3)16(13)26/h4-7H,8H2,1-3H3. The van der Waals surface area contributed by atoms with Gasteiger partial charge in [0, 0.05) is 12.6 Å². The van der Waals surface area contributed by atoms with Crippen LogP contribution in [-0.4, -0.2) is 34.7 Å². The number of fused-ring (bicyclic) bond motifs is 3. The van der Waals surface area contributed by atoms with Crippen LogP contribution in [0.5, 0.6) is 0 Å². The van der Waals surface area contributed by atoms with Crippen molar-refractivity contribution >= 4 is 34.2 Å². The molecule has 0 bridgehead atoms. The zero-order valence-electron chi connectivity index (χ0n) is 14.4. The Morgan fingerprint density at radius 2 is 1.88 bits per heavy atom. The molecule has 0 aliphatic heterocycles. The van der Waals surface area contributed by atoms with Gasteiger partial charge < -0.3 is 0 Å². The molecule has 4 aromatic rings. The highest BCUT2D eigenvalue weighted by atomic mass is 35.5. The number of benzene rings is 1. The molecule has 0 fully saturated rings. The van der Waals surface area contributed by atoms with E-state index in [2.05, 4.69) is 15.3 Å². The van der Waals surface area contributed by atoms with Gasteiger partial charge in [-0.3, -0.25) is 14.2 Å². The summed E-state index contributed by atoms with van der Waals surface area (Å²) >= 11 is 6.46. The molecule has 3 aromatic heterocycles. The lowest BCUT2D eigenvalue weighted by atomic mass is 10.1. The first kappa shape index (κ1) is 16.5. The van der Waals surface area contributed by atoms with E-state index in [-0.39, 0.29) is 16.5 Å². The Kier molecular flexibility index (Phi) is 3.66. The summed E-state index contributed by atoms with van der Waals surface area (Å²) in [5.41, 5.74) is 1.71. The molecule has 0 saturated carbocycles. The molecule has 8 nitrogen and oxygen atoms in total. The van der Waals surface area contributed by atoms with Crippen molar-refractivity contribution in [3.63, 3.8) is 0 Å². The monoisotopic (exact) mass is 370 g/mol. The molecule has 0 N–H and O–H groups in total. The second-order valence-electron chi connectivity index (χ2n) is 6.15. The molecule has 0 aliphatic rings. The van der Waals surface area contributed by atoms with Crippen molar-refractivity contribution in [2.24, 2.45) is 7.05 Å². The maximum absolute atomic E-state index is 12.7. The Morgan fingerprint density at radius 1 is 1.19 bits per heavy atom. The molecule has 1 aromatic carbocycles. The summed E-state index contributed by atoms with van der Waals surface area (Å²) in [5.74, 6) is 1.04. The van der Waals surface area contributed by atoms with Gasteiger partial charge >= 0.3 is 0 Å². The molecule has 0 unspecified atom stereocenters. The fraction of sp³-hybridized carbons (Fsp3) is 0.235. The molecule has 26 heavy (non-hydrogen) atoms. The molecule has 4 rings (SSSR count). The first-order chi connectivity index (χ1) is 12.4. The van der Waals surface area contributed by atoms with Gasteiger partial charge in [0.15, 0.2) is 11.4 Å². The topological polar surface area (TPSA) is 87.1 Å². The highest BCUT2D eigenvalue weighted by molar-refractivity contribution is 6.34. The van der Waals surface area contributed by atoms with Gasteiger partial charge in [-0.15, -0.1) is 10.2 Å². The average molecular weight is 371 g/mol. The van der Waals surface area contributed by atoms with Crippen LogP contribution in [0.4, 0.5) is 0 Å². The third-order valence-corrected chi connectivity index (χ3v) is 4.79. The molecule has 0 atom stereocenters. The SMILES string of the molecule is CC(=O)c1ccc(Cn2nc3c(c2Cl)c(=O)n(C)c2nnc(C)n32)cc1. The van der Waals surface area contributed by atoms with Gasteiger partial charge in [0.25, 0.3) is 5.56 Å². The van der Waals surface area contributed by atoms with Crippen molar-refractivity contribution in [1.29, 1.82) is 0 Å². The molecule has 3 heterocycles. The summed E-state index contributed by atoms with van der Waals surface area (Å²) in [6.45, 7) is 3.68. The molecule has 0 radical (unpaired) electrons. The van der Waals surface area contributed by atoms with Crippen molar-refractivity contribution in [3.8, 4) is 0 Å². The minimum absolute atomic E-state index is 0.00776. The van der Waals surface area contributed by atoms with E-state index >= 15 is 0 Å². The number of hydrogen-bond donors (Lipinski definition) is 0. The van der Waals surface area contributed by atoms with Crippen molar-refractivity contribution in [2.75, 3.05) is 0 Å². The predicted octanol–water partition coefficient (Wildman–Crippen LogP) is 1.99. The van der Waals surface area contributed by atoms with E-state index in [1.165, 1.54) is 11.5 Å². The summed E-state index contributed by atoms with van der Waals surface area (Å²) in [5, 5.41) is 13.2. The summed E-state index contributed by atoms with van der Waals surface area (Å²) in [6.07, 6.45) is 0. The van der Waals surface area contributed by atoms with Gasteiger partial charge in [0.1, 0.15) is 16.4 Å². The van der Waals surface area contributed by atoms with Crippen LogP contribution in [0, 0.1) is 6.92 Å². The second kappa shape index (κ2) is 5.77. The van der Waals surface area contributed by atoms with Crippen LogP contribution in [0.3, 0.4) is 0 Å². The normalized spacial score (nSPS) is 11.5. The van der Waals surface area contributed by atoms with Crippen molar-refractivity contribution in [1.82, 2.24) is 28.9 Å². The molecule has 0 amide bonds. The number of Topliss-reactive ketones (excluding diaryl/α,β-unsaturated/α-hetero) is 1. The quantitative estimate of drug-likeness (QED) is 0.515. The first-order valence-corrected chi connectivity index (χ1v) is 8.33. The van der Waals surface area contributed by atoms with E-state index in [0.717, 1.165) is 5.56 Å². The molecule has 0 aliphatic carbocycles. The van der Waals surface area contributed by atoms with Gasteiger partial charge in [-0.05, 0) is 19.4 Å². The summed E-state index contributed by atoms with van der Waals surface area (Å²) in [4.78, 5) is 24.1. The fourth-order valence-corrected chi connectivity index (χ4v) is 3.23. The minimum Gasteiger partial charge on any atom is -0.295 e. The Hall–Kier alpha value is -3.00. The number of hydrogen-bond acceptors (Lipinski definition) is 5. The maximum Gasteiger partial charge on any atom is 0.267 e. The highest BCUT2D eigenvalue weighted by Crippen LogP contribution is 2.22. The smallest absolute Gasteiger partial charge is 0.267 e. The lowest BCUT2D eigenvalue weighted by Crippen LogP contribution is -2.20. The van der Waals surface area contributed by atoms with E-state index in [1.807, 2.05) is 12.1 Å². The molecule has 9 heteroatoms. The number of carbonyl (C=O) groups excluding carboxylic acids is 1. The molecular weight excluding hydrogens is 356 g/mol. The van der Waals surface area contributed by atoms with Crippen molar-refractivity contribution in [3.05, 3.63) is 56.7 Å². The number of carbonyl (C=O) groups is 1. The summed E-state index contributed by atoms with van der Waals surface area (Å²) in [6, 6.07) is 7.21. The van der Waals surface area contributed by atoms with Gasteiger partial charge in [0.05, 0.1) is 6.54 Å². The van der Waals surface area contributed by atoms with Gasteiger partial charge in [-0.2, -0.15) is 5.10 Å². The molecule has 132 valence electrons. The van der Waals surface area contributed by atoms with E-state index in [0.29, 0.717) is 34.7 Å². The average Bonchev–Trinajstić information content (AvgIpc) is 3.14. The second-order valence-corrected chi connectivity index (χ2v) is 6.50. The molecular formula is C17H15ClN6O2. The third kappa shape index (κ3) is 2.33. The fourth-order valence-electron chi connectivity index (χ4n) is 2.97. The van der Waals surface area contributed by atoms with Crippen LogP contribution in [0.25, 0.3) is 16.8 Å². The van der Waals surface area contributed by atoms with E-state index in [4.69, 9.17) is 11.6 Å². The number of aryl methyl sites for hydroxylation is 2. The Labute approximate surface area is 152 Å². The van der Waals surface area contributed by atoms with Crippen LogP contribution < -0.4 is 5.56 Å². The van der Waals surface area contributed by atoms with Crippen LogP contribution in [0.15, 0.2) is 29.1 Å². The van der Waals surface area contributed by atoms with Crippen LogP contribution in [-0.2, 0) is 13.6 Å². The molecule has 0 saturated heterocycles. The number of halogens is 1. The predicted molar refractivity (Wildman–Crippen MR) is 96.8 cm³/mol. The summed E-state index contributed by atoms with van der Waals surface area (Å²) < 4.78 is 4.68. The Balaban J connectivity index is 1.89. The largest absolute Gasteiger partial charge is 0.295 e. The molecule has 0 spiro atoms. The Morgan fingerprint density at radius 3 is 2.54 bits per heavy atom. The lowest BCUT2D eigenvalue weighted by Gasteiger charge is -2.04. The zero-order chi connectivity index (χ0) is 18.6. The Bertz CT molecular complexity index is 1230. The number of rotatable bonds is 3. The van der Waals surface area contributed by atoms with Crippen LogP contribution >= 0.6 is 11.6 Å². The van der Waals surface area contributed by atoms with Gasteiger partial charge in [0.2, 0.25) is 5.78 Å². The van der Waals surface area contributed by atoms with Crippen molar-refractivity contribution in [2.45, 2.75) is 20.4 Å². The van der Waals surface area contributed by atoms with E-state index in [9.17, 15) is 9.59 Å². The lowest BCUT2D eigenvalue weighted by molar-refractivity contribution is 0.101. The maximum atomic E-state index is 12.7. The summed E-state index contributed by atoms with van der Waals surface area (Å²) in [7, 11) is 1.62. The third-order valence-electron chi connectivity index (χ3n) is 4.40. The highest BCUT2D eigenvalue weighted by Gasteiger charge is 2.20. The minimum atomic E-state index is -0.275. The van der Waals surface area contributed by atoms with Gasteiger partial charge in [-0.25, -0.2) is 9.08 Å². The first-order valence-electron chi connectivity index (χ1n) is 7.95. The van der Waals surface area contributed by atoms with Crippen molar-refractivity contribution < 1.29 is 4.79 Å². The van der Waals surface area contributed by atoms with E-state index < -0.39 is 0 Å². The number of aromatic nitrogens is 6. The zero-order valence-corrected chi connectivity index (χ0v) is 15.2. The van der Waals surface area contributed by atoms with Crippen LogP contribution in [0.2, 0.25) is 5.15 Å². The number of ketones is 1. The number of nitrogens with zero attached hydrogens (tertiary/aromatic N) is 6. The van der Waals surface area contributed by atoms with Crippen LogP contribution in [0.1, 0.15) is 28.7 Å². The van der Waals surface area contributed by atoms with Gasteiger partial charge in [-0.1, -0.05) is 35.9 Å². The van der Waals surface area contributed by atoms with E-state index in [1.54, 1.807) is 35.2 Å².